The van der Waals surface area contributed by atoms with Crippen LogP contribution in [0.5, 0.6) is 0 Å². The second-order valence-electron chi connectivity index (χ2n) is 8.87. The highest BCUT2D eigenvalue weighted by Crippen LogP contribution is 2.44. The Morgan fingerprint density at radius 2 is 1.74 bits per heavy atom. The van der Waals surface area contributed by atoms with Gasteiger partial charge in [0.1, 0.15) is 12.6 Å². The van der Waals surface area contributed by atoms with Crippen LogP contribution in [0, 0.1) is 5.92 Å². The Morgan fingerprint density at radius 1 is 1.09 bits per heavy atom. The van der Waals surface area contributed by atoms with E-state index in [1.165, 1.54) is 7.11 Å². The zero-order valence-electron chi connectivity index (χ0n) is 19.2. The summed E-state index contributed by atoms with van der Waals surface area (Å²) >= 11 is 0. The van der Waals surface area contributed by atoms with E-state index in [9.17, 15) is 14.4 Å². The van der Waals surface area contributed by atoms with Crippen LogP contribution in [0.1, 0.15) is 36.3 Å². The second-order valence-corrected chi connectivity index (χ2v) is 8.87. The lowest BCUT2D eigenvalue weighted by Gasteiger charge is -2.34. The van der Waals surface area contributed by atoms with Crippen LogP contribution in [0.2, 0.25) is 0 Å². The average Bonchev–Trinajstić information content (AvgIpc) is 3.15. The van der Waals surface area contributed by atoms with Crippen LogP contribution in [0.15, 0.2) is 48.5 Å². The smallest absolute Gasteiger partial charge is 0.407 e. The summed E-state index contributed by atoms with van der Waals surface area (Å²) in [4.78, 5) is 38.4. The third-order valence-electron chi connectivity index (χ3n) is 6.56. The van der Waals surface area contributed by atoms with E-state index >= 15 is 0 Å². The summed E-state index contributed by atoms with van der Waals surface area (Å²) in [5.74, 6) is -1.32. The summed E-state index contributed by atoms with van der Waals surface area (Å²) in [5, 5.41) is 11.7. The molecule has 34 heavy (non-hydrogen) atoms. The number of amides is 2. The van der Waals surface area contributed by atoms with Gasteiger partial charge in [0.25, 0.3) is 0 Å². The van der Waals surface area contributed by atoms with Crippen molar-refractivity contribution < 1.29 is 29.0 Å². The molecule has 0 bridgehead atoms. The minimum atomic E-state index is -0.899. The maximum atomic E-state index is 13.1. The van der Waals surface area contributed by atoms with E-state index in [1.54, 1.807) is 4.90 Å². The Labute approximate surface area is 198 Å². The normalized spacial score (nSPS) is 18.0. The number of carbonyl (C=O) groups is 3. The highest BCUT2D eigenvalue weighted by Gasteiger charge is 2.32. The van der Waals surface area contributed by atoms with Gasteiger partial charge in [0, 0.05) is 32.5 Å². The number of alkyl carbamates (subject to hydrolysis) is 1. The molecule has 1 saturated heterocycles. The summed E-state index contributed by atoms with van der Waals surface area (Å²) in [5.41, 5.74) is 4.50. The first kappa shape index (κ1) is 23.8. The third-order valence-corrected chi connectivity index (χ3v) is 6.56. The first-order chi connectivity index (χ1) is 16.5. The van der Waals surface area contributed by atoms with Gasteiger partial charge in [-0.05, 0) is 41.0 Å². The lowest BCUT2D eigenvalue weighted by atomic mass is 9.94. The van der Waals surface area contributed by atoms with E-state index in [1.807, 2.05) is 36.4 Å². The van der Waals surface area contributed by atoms with Gasteiger partial charge in [-0.25, -0.2) is 4.79 Å². The number of carboxylic acid groups (broad SMARTS) is 1. The summed E-state index contributed by atoms with van der Waals surface area (Å²) in [6.45, 7) is 1.04. The standard InChI is InChI=1S/C26H30N2O6/c1-33-16-23(25(31)28-12-6-7-17(14-28)13-24(29)30)27-26(32)34-15-22-20-10-4-2-8-18(20)19-9-3-5-11-21(19)22/h2-5,8-11,17,22-23H,6-7,12-16H2,1H3,(H,27,32)(H,29,30)/t17?,23-/m0/s1. The van der Waals surface area contributed by atoms with Crippen molar-refractivity contribution in [3.05, 3.63) is 59.7 Å². The molecule has 4 rings (SSSR count). The van der Waals surface area contributed by atoms with Crippen LogP contribution in [0.4, 0.5) is 4.79 Å². The van der Waals surface area contributed by atoms with Gasteiger partial charge >= 0.3 is 12.1 Å². The number of carbonyl (C=O) groups excluding carboxylic acids is 2. The number of fused-ring (bicyclic) bond motifs is 3. The van der Waals surface area contributed by atoms with Gasteiger partial charge in [-0.1, -0.05) is 48.5 Å². The number of aliphatic carboxylic acids is 1. The Hall–Kier alpha value is -3.39. The maximum absolute atomic E-state index is 13.1. The number of carboxylic acids is 1. The maximum Gasteiger partial charge on any atom is 0.407 e. The number of nitrogens with one attached hydrogen (secondary N) is 1. The fourth-order valence-electron chi connectivity index (χ4n) is 5.02. The van der Waals surface area contributed by atoms with Crippen LogP contribution in [-0.4, -0.2) is 67.4 Å². The molecule has 1 aliphatic carbocycles. The number of likely N-dealkylation sites (tertiary alicyclic amines) is 1. The van der Waals surface area contributed by atoms with Crippen LogP contribution in [0.3, 0.4) is 0 Å². The molecule has 180 valence electrons. The van der Waals surface area contributed by atoms with E-state index in [-0.39, 0.29) is 37.4 Å². The molecule has 1 heterocycles. The first-order valence-electron chi connectivity index (χ1n) is 11.6. The molecule has 2 aromatic rings. The lowest BCUT2D eigenvalue weighted by Crippen LogP contribution is -2.53. The van der Waals surface area contributed by atoms with Crippen molar-refractivity contribution in [1.82, 2.24) is 10.2 Å². The zero-order valence-corrected chi connectivity index (χ0v) is 19.2. The van der Waals surface area contributed by atoms with Gasteiger partial charge in [0.15, 0.2) is 0 Å². The molecule has 0 saturated carbocycles. The van der Waals surface area contributed by atoms with E-state index in [4.69, 9.17) is 14.6 Å². The van der Waals surface area contributed by atoms with E-state index in [0.29, 0.717) is 13.1 Å². The largest absolute Gasteiger partial charge is 0.481 e. The van der Waals surface area contributed by atoms with Crippen molar-refractivity contribution in [1.29, 1.82) is 0 Å². The van der Waals surface area contributed by atoms with Crippen molar-refractivity contribution in [2.24, 2.45) is 5.92 Å². The quantitative estimate of drug-likeness (QED) is 0.619. The third kappa shape index (κ3) is 5.22. The molecular formula is C26H30N2O6. The Balaban J connectivity index is 1.38. The predicted octanol–water partition coefficient (Wildman–Crippen LogP) is 3.25. The molecule has 0 spiro atoms. The first-order valence-corrected chi connectivity index (χ1v) is 11.6. The van der Waals surface area contributed by atoms with E-state index < -0.39 is 18.1 Å². The van der Waals surface area contributed by atoms with Crippen molar-refractivity contribution in [3.8, 4) is 11.1 Å². The number of hydrogen-bond donors (Lipinski definition) is 2. The zero-order chi connectivity index (χ0) is 24.1. The van der Waals surface area contributed by atoms with Crippen molar-refractivity contribution in [3.63, 3.8) is 0 Å². The summed E-state index contributed by atoms with van der Waals surface area (Å²) in [7, 11) is 1.46. The topological polar surface area (TPSA) is 105 Å². The van der Waals surface area contributed by atoms with E-state index in [0.717, 1.165) is 35.1 Å². The van der Waals surface area contributed by atoms with Gasteiger partial charge in [-0.2, -0.15) is 0 Å². The second kappa shape index (κ2) is 10.7. The lowest BCUT2D eigenvalue weighted by molar-refractivity contribution is -0.141. The van der Waals surface area contributed by atoms with Crippen molar-refractivity contribution >= 4 is 18.0 Å². The summed E-state index contributed by atoms with van der Waals surface area (Å²) in [6.07, 6.45) is 0.842. The predicted molar refractivity (Wildman–Crippen MR) is 125 cm³/mol. The van der Waals surface area contributed by atoms with Crippen LogP contribution >= 0.6 is 0 Å². The van der Waals surface area contributed by atoms with Crippen molar-refractivity contribution in [2.75, 3.05) is 33.4 Å². The van der Waals surface area contributed by atoms with Gasteiger partial charge in [0.2, 0.25) is 5.91 Å². The minimum Gasteiger partial charge on any atom is -0.481 e. The fourth-order valence-corrected chi connectivity index (χ4v) is 5.02. The molecule has 8 nitrogen and oxygen atoms in total. The van der Waals surface area contributed by atoms with Crippen LogP contribution < -0.4 is 5.32 Å². The molecule has 0 aromatic heterocycles. The monoisotopic (exact) mass is 466 g/mol. The Kier molecular flexibility index (Phi) is 7.47. The molecular weight excluding hydrogens is 436 g/mol. The number of ether oxygens (including phenoxy) is 2. The van der Waals surface area contributed by atoms with Gasteiger partial charge in [-0.15, -0.1) is 0 Å². The van der Waals surface area contributed by atoms with Crippen molar-refractivity contribution in [2.45, 2.75) is 31.2 Å². The molecule has 1 fully saturated rings. The molecule has 1 unspecified atom stereocenters. The van der Waals surface area contributed by atoms with E-state index in [2.05, 4.69) is 17.4 Å². The van der Waals surface area contributed by atoms with Gasteiger partial charge < -0.3 is 24.8 Å². The minimum absolute atomic E-state index is 0.00310. The number of rotatable bonds is 8. The number of piperidine rings is 1. The number of hydrogen-bond acceptors (Lipinski definition) is 5. The fraction of sp³-hybridized carbons (Fsp3) is 0.423. The van der Waals surface area contributed by atoms with Crippen LogP contribution in [0.25, 0.3) is 11.1 Å². The summed E-state index contributed by atoms with van der Waals surface area (Å²) in [6, 6.07) is 15.3. The molecule has 0 radical (unpaired) electrons. The molecule has 2 N–H and O–H groups in total. The highest BCUT2D eigenvalue weighted by atomic mass is 16.5. The average molecular weight is 467 g/mol. The number of methoxy groups -OCH3 is 1. The Bertz CT molecular complexity index is 1010. The molecule has 2 atom stereocenters. The highest BCUT2D eigenvalue weighted by molar-refractivity contribution is 5.86. The molecule has 2 aliphatic rings. The van der Waals surface area contributed by atoms with Gasteiger partial charge in [-0.3, -0.25) is 9.59 Å². The number of nitrogens with zero attached hydrogens (tertiary/aromatic N) is 1. The Morgan fingerprint density at radius 3 is 2.35 bits per heavy atom. The molecule has 2 aromatic carbocycles. The molecule has 2 amide bonds. The summed E-state index contributed by atoms with van der Waals surface area (Å²) < 4.78 is 10.7. The van der Waals surface area contributed by atoms with Crippen LogP contribution in [-0.2, 0) is 19.1 Å². The van der Waals surface area contributed by atoms with Gasteiger partial charge in [0.05, 0.1) is 6.61 Å². The molecule has 1 aliphatic heterocycles. The SMILES string of the molecule is COC[C@H](NC(=O)OCC1c2ccccc2-c2ccccc21)C(=O)N1CCCC(CC(=O)O)C1. The number of benzene rings is 2. The molecule has 8 heteroatoms.